The van der Waals surface area contributed by atoms with E-state index in [1.165, 1.54) is 6.26 Å². The number of nitrogens with zero attached hydrogens (tertiary/aromatic N) is 1. The summed E-state index contributed by atoms with van der Waals surface area (Å²) in [5, 5.41) is 3.51. The van der Waals surface area contributed by atoms with Crippen LogP contribution in [0.25, 0.3) is 0 Å². The minimum atomic E-state index is -0.602. The fourth-order valence-electron chi connectivity index (χ4n) is 5.01. The first-order valence-electron chi connectivity index (χ1n) is 11.3. The second kappa shape index (κ2) is 8.23. The Hall–Kier alpha value is -4.32. The maximum absolute atomic E-state index is 13.8. The second-order valence-electron chi connectivity index (χ2n) is 8.54. The molecule has 2 unspecified atom stereocenters. The standard InChI is InChI=1S/C28H22N2O4/c31-23-17-19(24-12-6-14-33-24)16-21-26(23)27(18-8-2-1-3-9-18)30(28(32)25-13-7-15-34-25)22-11-5-4-10-20(22)29-21/h1-15,19,27,29H,16-17H2. The first kappa shape index (κ1) is 20.3. The summed E-state index contributed by atoms with van der Waals surface area (Å²) in [7, 11) is 0. The number of para-hydroxylation sites is 2. The Morgan fingerprint density at radius 2 is 1.62 bits per heavy atom. The first-order valence-corrected chi connectivity index (χ1v) is 11.3. The summed E-state index contributed by atoms with van der Waals surface area (Å²) < 4.78 is 11.1. The van der Waals surface area contributed by atoms with Crippen molar-refractivity contribution in [2.75, 3.05) is 10.2 Å². The van der Waals surface area contributed by atoms with E-state index in [0.29, 0.717) is 24.1 Å². The lowest BCUT2D eigenvalue weighted by Gasteiger charge is -2.34. The van der Waals surface area contributed by atoms with Gasteiger partial charge in [-0.2, -0.15) is 0 Å². The Balaban J connectivity index is 1.57. The number of benzene rings is 2. The molecule has 3 heterocycles. The maximum Gasteiger partial charge on any atom is 0.294 e. The van der Waals surface area contributed by atoms with Crippen molar-refractivity contribution in [2.45, 2.75) is 24.8 Å². The van der Waals surface area contributed by atoms with Gasteiger partial charge in [0.1, 0.15) is 5.76 Å². The molecule has 6 nitrogen and oxygen atoms in total. The zero-order valence-electron chi connectivity index (χ0n) is 18.3. The number of fused-ring (bicyclic) bond motifs is 1. The van der Waals surface area contributed by atoms with Crippen molar-refractivity contribution in [1.82, 2.24) is 0 Å². The number of ketones is 1. The molecule has 2 aromatic carbocycles. The van der Waals surface area contributed by atoms with Gasteiger partial charge in [-0.05, 0) is 48.4 Å². The Bertz CT molecular complexity index is 1370. The van der Waals surface area contributed by atoms with E-state index < -0.39 is 6.04 Å². The van der Waals surface area contributed by atoms with Crippen LogP contribution in [0.15, 0.2) is 111 Å². The minimum Gasteiger partial charge on any atom is -0.469 e. The smallest absolute Gasteiger partial charge is 0.294 e. The highest BCUT2D eigenvalue weighted by Gasteiger charge is 2.42. The predicted octanol–water partition coefficient (Wildman–Crippen LogP) is 6.09. The van der Waals surface area contributed by atoms with Crippen molar-refractivity contribution in [3.8, 4) is 0 Å². The molecule has 6 rings (SSSR count). The summed E-state index contributed by atoms with van der Waals surface area (Å²) >= 11 is 0. The molecule has 0 saturated carbocycles. The van der Waals surface area contributed by atoms with Crippen LogP contribution in [0.4, 0.5) is 11.4 Å². The average Bonchev–Trinajstić information content (AvgIpc) is 3.57. The van der Waals surface area contributed by atoms with Crippen molar-refractivity contribution >= 4 is 23.1 Å². The zero-order chi connectivity index (χ0) is 23.1. The number of nitrogens with one attached hydrogen (secondary N) is 1. The van der Waals surface area contributed by atoms with Crippen molar-refractivity contribution < 1.29 is 18.4 Å². The quantitative estimate of drug-likeness (QED) is 0.409. The summed E-state index contributed by atoms with van der Waals surface area (Å²) in [6.07, 6.45) is 4.04. The molecule has 0 bridgehead atoms. The molecule has 0 saturated heterocycles. The van der Waals surface area contributed by atoms with E-state index in [1.807, 2.05) is 66.7 Å². The number of allylic oxidation sites excluding steroid dienone is 1. The van der Waals surface area contributed by atoms with Gasteiger partial charge in [-0.3, -0.25) is 14.5 Å². The number of Topliss-reactive ketones (excluding diaryl/α,β-unsaturated/α-hetero) is 1. The number of anilines is 2. The van der Waals surface area contributed by atoms with E-state index in [0.717, 1.165) is 22.7 Å². The molecule has 1 aliphatic heterocycles. The molecule has 2 aliphatic rings. The van der Waals surface area contributed by atoms with Gasteiger partial charge in [-0.15, -0.1) is 0 Å². The molecule has 4 aromatic rings. The highest BCUT2D eigenvalue weighted by atomic mass is 16.3. The van der Waals surface area contributed by atoms with Crippen molar-refractivity contribution in [1.29, 1.82) is 0 Å². The van der Waals surface area contributed by atoms with E-state index in [9.17, 15) is 9.59 Å². The van der Waals surface area contributed by atoms with Gasteiger partial charge >= 0.3 is 0 Å². The summed E-state index contributed by atoms with van der Waals surface area (Å²) in [5.74, 6) is 0.636. The van der Waals surface area contributed by atoms with E-state index in [4.69, 9.17) is 8.83 Å². The second-order valence-corrected chi connectivity index (χ2v) is 8.54. The number of carbonyl (C=O) groups excluding carboxylic acids is 2. The van der Waals surface area contributed by atoms with Gasteiger partial charge in [0.25, 0.3) is 5.91 Å². The lowest BCUT2D eigenvalue weighted by atomic mass is 9.80. The number of hydrogen-bond donors (Lipinski definition) is 1. The fourth-order valence-corrected chi connectivity index (χ4v) is 5.01. The van der Waals surface area contributed by atoms with E-state index in [1.54, 1.807) is 23.3 Å². The van der Waals surface area contributed by atoms with Gasteiger partial charge in [-0.25, -0.2) is 0 Å². The summed E-state index contributed by atoms with van der Waals surface area (Å²) in [5.41, 5.74) is 3.73. The number of carbonyl (C=O) groups is 2. The van der Waals surface area contributed by atoms with Crippen molar-refractivity contribution in [3.05, 3.63) is 120 Å². The summed E-state index contributed by atoms with van der Waals surface area (Å²) in [6, 6.07) is 23.8. The fraction of sp³-hybridized carbons (Fsp3) is 0.143. The number of amides is 1. The molecule has 2 atom stereocenters. The lowest BCUT2D eigenvalue weighted by Crippen LogP contribution is -2.38. The third kappa shape index (κ3) is 3.35. The topological polar surface area (TPSA) is 75.7 Å². The van der Waals surface area contributed by atoms with Gasteiger partial charge < -0.3 is 14.2 Å². The highest BCUT2D eigenvalue weighted by molar-refractivity contribution is 6.10. The van der Waals surface area contributed by atoms with E-state index in [-0.39, 0.29) is 23.4 Å². The highest BCUT2D eigenvalue weighted by Crippen LogP contribution is 2.47. The molecular formula is C28H22N2O4. The van der Waals surface area contributed by atoms with E-state index in [2.05, 4.69) is 5.32 Å². The van der Waals surface area contributed by atoms with Gasteiger partial charge in [0.05, 0.1) is 29.9 Å². The van der Waals surface area contributed by atoms with Crippen LogP contribution in [0, 0.1) is 0 Å². The average molecular weight is 450 g/mol. The van der Waals surface area contributed by atoms with Crippen LogP contribution in [-0.2, 0) is 4.79 Å². The number of rotatable bonds is 3. The van der Waals surface area contributed by atoms with Crippen LogP contribution >= 0.6 is 0 Å². The maximum atomic E-state index is 13.8. The first-order chi connectivity index (χ1) is 16.7. The summed E-state index contributed by atoms with van der Waals surface area (Å²) in [6.45, 7) is 0. The summed E-state index contributed by atoms with van der Waals surface area (Å²) in [4.78, 5) is 29.3. The molecule has 1 amide bonds. The van der Waals surface area contributed by atoms with Gasteiger partial charge in [-0.1, -0.05) is 42.5 Å². The Labute approximate surface area is 196 Å². The molecule has 168 valence electrons. The third-order valence-electron chi connectivity index (χ3n) is 6.50. The van der Waals surface area contributed by atoms with Crippen LogP contribution in [0.2, 0.25) is 0 Å². The molecule has 34 heavy (non-hydrogen) atoms. The number of hydrogen-bond acceptors (Lipinski definition) is 5. The predicted molar refractivity (Wildman–Crippen MR) is 127 cm³/mol. The molecule has 2 aromatic heterocycles. The molecule has 1 N–H and O–H groups in total. The lowest BCUT2D eigenvalue weighted by molar-refractivity contribution is -0.116. The molecular weight excluding hydrogens is 428 g/mol. The van der Waals surface area contributed by atoms with Crippen LogP contribution < -0.4 is 10.2 Å². The Morgan fingerprint density at radius 1 is 0.853 bits per heavy atom. The molecule has 0 radical (unpaired) electrons. The van der Waals surface area contributed by atoms with Crippen LogP contribution in [0.5, 0.6) is 0 Å². The zero-order valence-corrected chi connectivity index (χ0v) is 18.3. The third-order valence-corrected chi connectivity index (χ3v) is 6.50. The monoisotopic (exact) mass is 450 g/mol. The van der Waals surface area contributed by atoms with Gasteiger partial charge in [0.2, 0.25) is 0 Å². The Morgan fingerprint density at radius 3 is 2.38 bits per heavy atom. The van der Waals surface area contributed by atoms with E-state index >= 15 is 0 Å². The molecule has 6 heteroatoms. The van der Waals surface area contributed by atoms with Crippen molar-refractivity contribution in [3.63, 3.8) is 0 Å². The number of furan rings is 2. The van der Waals surface area contributed by atoms with Crippen LogP contribution in [0.3, 0.4) is 0 Å². The normalized spacial score (nSPS) is 19.8. The van der Waals surface area contributed by atoms with Gasteiger partial charge in [0.15, 0.2) is 11.5 Å². The minimum absolute atomic E-state index is 0.00551. The molecule has 0 fully saturated rings. The van der Waals surface area contributed by atoms with Crippen LogP contribution in [0.1, 0.15) is 46.7 Å². The van der Waals surface area contributed by atoms with Crippen LogP contribution in [-0.4, -0.2) is 11.7 Å². The largest absolute Gasteiger partial charge is 0.469 e. The van der Waals surface area contributed by atoms with Gasteiger partial charge in [0, 0.05) is 23.6 Å². The Kier molecular flexibility index (Phi) is 4.91. The molecule has 0 spiro atoms. The van der Waals surface area contributed by atoms with Crippen molar-refractivity contribution in [2.24, 2.45) is 0 Å². The molecule has 1 aliphatic carbocycles. The SMILES string of the molecule is O=C1CC(c2ccco2)CC2=C1C(c1ccccc1)N(C(=O)c1ccco1)c1ccccc1N2.